The zero-order valence-corrected chi connectivity index (χ0v) is 10.5. The van der Waals surface area contributed by atoms with E-state index in [4.69, 9.17) is 5.73 Å². The molecular formula is C11H11N5O4. The third-order valence-corrected chi connectivity index (χ3v) is 2.76. The Bertz CT molecular complexity index is 694. The largest absolute Gasteiger partial charge is 0.398 e. The van der Waals surface area contributed by atoms with Crippen LogP contribution >= 0.6 is 0 Å². The van der Waals surface area contributed by atoms with Crippen LogP contribution in [-0.2, 0) is 6.54 Å². The van der Waals surface area contributed by atoms with Gasteiger partial charge in [-0.05, 0) is 17.9 Å². The fraction of sp³-hybridized carbons (Fsp3) is 0.182. The molecule has 1 heterocycles. The summed E-state index contributed by atoms with van der Waals surface area (Å²) in [5, 5.41) is 25.2. The molecule has 0 radical (unpaired) electrons. The van der Waals surface area contributed by atoms with Gasteiger partial charge in [0, 0.05) is 23.4 Å². The second-order valence-electron chi connectivity index (χ2n) is 4.23. The molecule has 0 bridgehead atoms. The lowest BCUT2D eigenvalue weighted by Gasteiger charge is -2.03. The topological polar surface area (TPSA) is 130 Å². The lowest BCUT2D eigenvalue weighted by Crippen LogP contribution is -2.05. The Kier molecular flexibility index (Phi) is 3.34. The van der Waals surface area contributed by atoms with Crippen LogP contribution in [-0.4, -0.2) is 19.6 Å². The Morgan fingerprint density at radius 2 is 2.00 bits per heavy atom. The Hall–Kier alpha value is -2.97. The Balaban J connectivity index is 2.34. The lowest BCUT2D eigenvalue weighted by molar-refractivity contribution is -0.390. The molecule has 9 heteroatoms. The molecule has 0 spiro atoms. The maximum absolute atomic E-state index is 10.7. The predicted octanol–water partition coefficient (Wildman–Crippen LogP) is 1.64. The van der Waals surface area contributed by atoms with Gasteiger partial charge in [0.05, 0.1) is 28.3 Å². The molecule has 0 unspecified atom stereocenters. The number of nitrogen functional groups attached to an aromatic ring is 1. The third kappa shape index (κ3) is 2.55. The molecule has 0 fully saturated rings. The number of nitrogens with zero attached hydrogens (tertiary/aromatic N) is 4. The van der Waals surface area contributed by atoms with Crippen molar-refractivity contribution in [1.29, 1.82) is 0 Å². The summed E-state index contributed by atoms with van der Waals surface area (Å²) in [6.45, 7) is 1.70. The highest BCUT2D eigenvalue weighted by Crippen LogP contribution is 2.22. The molecule has 0 aliphatic heterocycles. The second-order valence-corrected chi connectivity index (χ2v) is 4.23. The minimum absolute atomic E-state index is 0.0902. The van der Waals surface area contributed by atoms with Crippen molar-refractivity contribution in [3.63, 3.8) is 0 Å². The zero-order chi connectivity index (χ0) is 14.9. The van der Waals surface area contributed by atoms with Crippen molar-refractivity contribution in [3.8, 4) is 0 Å². The summed E-state index contributed by atoms with van der Waals surface area (Å²) in [5.41, 5.74) is 6.92. The van der Waals surface area contributed by atoms with E-state index in [2.05, 4.69) is 5.10 Å². The molecule has 2 aromatic rings. The van der Waals surface area contributed by atoms with Gasteiger partial charge in [0.1, 0.15) is 0 Å². The number of hydrogen-bond donors (Lipinski definition) is 1. The summed E-state index contributed by atoms with van der Waals surface area (Å²) in [7, 11) is 0. The molecule has 1 aromatic heterocycles. The van der Waals surface area contributed by atoms with Gasteiger partial charge in [0.2, 0.25) is 0 Å². The van der Waals surface area contributed by atoms with Crippen molar-refractivity contribution in [1.82, 2.24) is 9.78 Å². The van der Waals surface area contributed by atoms with E-state index in [1.165, 1.54) is 29.1 Å². The minimum Gasteiger partial charge on any atom is -0.398 e. The molecule has 1 aromatic carbocycles. The van der Waals surface area contributed by atoms with Gasteiger partial charge in [-0.2, -0.15) is 4.68 Å². The number of nitro groups is 2. The van der Waals surface area contributed by atoms with Crippen molar-refractivity contribution in [3.05, 3.63) is 55.8 Å². The van der Waals surface area contributed by atoms with Crippen LogP contribution in [0.5, 0.6) is 0 Å². The van der Waals surface area contributed by atoms with Crippen molar-refractivity contribution in [2.24, 2.45) is 0 Å². The van der Waals surface area contributed by atoms with Gasteiger partial charge in [-0.15, -0.1) is 0 Å². The number of hydrogen-bond acceptors (Lipinski definition) is 6. The fourth-order valence-corrected chi connectivity index (χ4v) is 1.79. The molecule has 0 saturated heterocycles. The van der Waals surface area contributed by atoms with Gasteiger partial charge in [0.15, 0.2) is 0 Å². The summed E-state index contributed by atoms with van der Waals surface area (Å²) >= 11 is 0. The first-order valence-corrected chi connectivity index (χ1v) is 5.59. The zero-order valence-electron chi connectivity index (χ0n) is 10.5. The summed E-state index contributed by atoms with van der Waals surface area (Å²) in [4.78, 5) is 20.3. The summed E-state index contributed by atoms with van der Waals surface area (Å²) in [6.07, 6.45) is 1.50. The van der Waals surface area contributed by atoms with E-state index in [1.54, 1.807) is 6.92 Å². The van der Waals surface area contributed by atoms with Gasteiger partial charge < -0.3 is 15.8 Å². The number of rotatable bonds is 4. The monoisotopic (exact) mass is 277 g/mol. The van der Waals surface area contributed by atoms with Gasteiger partial charge in [-0.25, -0.2) is 0 Å². The molecule has 104 valence electrons. The van der Waals surface area contributed by atoms with E-state index in [9.17, 15) is 20.2 Å². The van der Waals surface area contributed by atoms with Crippen molar-refractivity contribution in [2.45, 2.75) is 13.5 Å². The van der Waals surface area contributed by atoms with Gasteiger partial charge in [-0.1, -0.05) is 0 Å². The lowest BCUT2D eigenvalue weighted by atomic mass is 10.1. The van der Waals surface area contributed by atoms with E-state index >= 15 is 0 Å². The van der Waals surface area contributed by atoms with E-state index in [-0.39, 0.29) is 18.1 Å². The van der Waals surface area contributed by atoms with Gasteiger partial charge in [-0.3, -0.25) is 10.1 Å². The highest BCUT2D eigenvalue weighted by molar-refractivity contribution is 5.52. The number of aryl methyl sites for hydroxylation is 1. The van der Waals surface area contributed by atoms with E-state index in [0.29, 0.717) is 16.8 Å². The number of anilines is 1. The van der Waals surface area contributed by atoms with Crippen LogP contribution in [0.2, 0.25) is 0 Å². The maximum atomic E-state index is 10.7. The van der Waals surface area contributed by atoms with Crippen LogP contribution in [0.25, 0.3) is 0 Å². The Morgan fingerprint density at radius 3 is 2.55 bits per heavy atom. The number of nitrogens with two attached hydrogens (primary N) is 1. The molecule has 0 saturated carbocycles. The highest BCUT2D eigenvalue weighted by Gasteiger charge is 2.18. The SMILES string of the molecule is Cc1cn(Cc2cc([N+](=O)[O-])ccc2N)nc1[N+](=O)[O-]. The molecule has 0 atom stereocenters. The summed E-state index contributed by atoms with van der Waals surface area (Å²) in [5.74, 6) is -0.242. The average Bonchev–Trinajstić information content (AvgIpc) is 2.73. The summed E-state index contributed by atoms with van der Waals surface area (Å²) in [6, 6.07) is 4.06. The first kappa shape index (κ1) is 13.5. The number of benzene rings is 1. The minimum atomic E-state index is -0.581. The van der Waals surface area contributed by atoms with Gasteiger partial charge >= 0.3 is 5.82 Å². The van der Waals surface area contributed by atoms with Crippen LogP contribution in [0.4, 0.5) is 17.2 Å². The number of non-ortho nitro benzene ring substituents is 1. The fourth-order valence-electron chi connectivity index (χ4n) is 1.79. The number of nitro benzene ring substituents is 1. The predicted molar refractivity (Wildman–Crippen MR) is 70.2 cm³/mol. The summed E-state index contributed by atoms with van der Waals surface area (Å²) < 4.78 is 1.34. The smallest absolute Gasteiger partial charge is 0.392 e. The molecule has 0 aliphatic rings. The standard InChI is InChI=1S/C11H11N5O4/c1-7-5-14(13-11(7)16(19)20)6-8-4-9(15(17)18)2-3-10(8)12/h2-5H,6,12H2,1H3. The van der Waals surface area contributed by atoms with Crippen LogP contribution in [0.3, 0.4) is 0 Å². The van der Waals surface area contributed by atoms with Crippen LogP contribution < -0.4 is 5.73 Å². The Labute approximate surface area is 112 Å². The quantitative estimate of drug-likeness (QED) is 0.513. The molecule has 0 amide bonds. The van der Waals surface area contributed by atoms with Crippen LogP contribution in [0.15, 0.2) is 24.4 Å². The maximum Gasteiger partial charge on any atom is 0.392 e. The van der Waals surface area contributed by atoms with E-state index in [0.717, 1.165) is 0 Å². The highest BCUT2D eigenvalue weighted by atomic mass is 16.6. The van der Waals surface area contributed by atoms with Crippen molar-refractivity contribution in [2.75, 3.05) is 5.73 Å². The second kappa shape index (κ2) is 4.96. The third-order valence-electron chi connectivity index (χ3n) is 2.76. The van der Waals surface area contributed by atoms with Crippen LogP contribution in [0, 0.1) is 27.2 Å². The Morgan fingerprint density at radius 1 is 1.30 bits per heavy atom. The molecular weight excluding hydrogens is 266 g/mol. The first-order chi connectivity index (χ1) is 9.38. The van der Waals surface area contributed by atoms with E-state index < -0.39 is 9.85 Å². The van der Waals surface area contributed by atoms with Crippen LogP contribution in [0.1, 0.15) is 11.1 Å². The molecule has 2 rings (SSSR count). The average molecular weight is 277 g/mol. The molecule has 9 nitrogen and oxygen atoms in total. The first-order valence-electron chi connectivity index (χ1n) is 5.59. The molecule has 20 heavy (non-hydrogen) atoms. The van der Waals surface area contributed by atoms with E-state index in [1.807, 2.05) is 0 Å². The van der Waals surface area contributed by atoms with Gasteiger partial charge in [0.25, 0.3) is 5.69 Å². The van der Waals surface area contributed by atoms with Crippen molar-refractivity contribution < 1.29 is 9.85 Å². The van der Waals surface area contributed by atoms with Crippen molar-refractivity contribution >= 4 is 17.2 Å². The number of aromatic nitrogens is 2. The molecule has 0 aliphatic carbocycles. The normalized spacial score (nSPS) is 10.4. The molecule has 2 N–H and O–H groups in total.